The molecule has 2 heterocycles. The summed E-state index contributed by atoms with van der Waals surface area (Å²) in [5.41, 5.74) is 1.72. The molecule has 4 aromatic rings. The lowest BCUT2D eigenvalue weighted by Crippen LogP contribution is -2.10. The maximum Gasteiger partial charge on any atom is 0.291 e. The Morgan fingerprint density at radius 1 is 1.22 bits per heavy atom. The average molecular weight is 451 g/mol. The van der Waals surface area contributed by atoms with E-state index in [9.17, 15) is 14.9 Å². The molecular weight excluding hydrogens is 434 g/mol. The van der Waals surface area contributed by atoms with Crippen LogP contribution in [0.25, 0.3) is 11.3 Å². The SMILES string of the molecule is COc1ccc(-c2ccc(C(=O)Nc3ccc(CSc4ncn[nH]4)cc3)o2)c([N+](=O)[O-])c1. The van der Waals surface area contributed by atoms with Gasteiger partial charge in [0.15, 0.2) is 10.9 Å². The molecule has 11 heteroatoms. The van der Waals surface area contributed by atoms with Crippen molar-refractivity contribution in [3.05, 3.63) is 82.4 Å². The maximum atomic E-state index is 12.6. The molecule has 0 aliphatic heterocycles. The summed E-state index contributed by atoms with van der Waals surface area (Å²) in [4.78, 5) is 27.5. The number of nitro benzene ring substituents is 1. The molecule has 0 spiro atoms. The highest BCUT2D eigenvalue weighted by Gasteiger charge is 2.21. The van der Waals surface area contributed by atoms with Crippen LogP contribution < -0.4 is 10.1 Å². The average Bonchev–Trinajstić information content (AvgIpc) is 3.50. The van der Waals surface area contributed by atoms with E-state index >= 15 is 0 Å². The number of hydrogen-bond acceptors (Lipinski definition) is 8. The van der Waals surface area contributed by atoms with Gasteiger partial charge in [0.1, 0.15) is 17.8 Å². The zero-order chi connectivity index (χ0) is 22.5. The lowest BCUT2D eigenvalue weighted by molar-refractivity contribution is -0.384. The number of H-pyrrole nitrogens is 1. The number of nitrogens with one attached hydrogen (secondary N) is 2. The van der Waals surface area contributed by atoms with Crippen LogP contribution in [0.15, 0.2) is 70.5 Å². The summed E-state index contributed by atoms with van der Waals surface area (Å²) in [6.07, 6.45) is 1.45. The van der Waals surface area contributed by atoms with E-state index in [1.165, 1.54) is 49.5 Å². The molecule has 0 unspecified atom stereocenters. The largest absolute Gasteiger partial charge is 0.497 e. The summed E-state index contributed by atoms with van der Waals surface area (Å²) in [7, 11) is 1.43. The number of carbonyl (C=O) groups is 1. The topological polar surface area (TPSA) is 136 Å². The monoisotopic (exact) mass is 451 g/mol. The van der Waals surface area contributed by atoms with Gasteiger partial charge in [-0.05, 0) is 42.0 Å². The van der Waals surface area contributed by atoms with Crippen LogP contribution in [0, 0.1) is 10.1 Å². The van der Waals surface area contributed by atoms with E-state index in [1.54, 1.807) is 18.2 Å². The molecule has 0 bridgehead atoms. The molecule has 0 aliphatic rings. The van der Waals surface area contributed by atoms with Crippen LogP contribution in [-0.2, 0) is 5.75 Å². The first-order valence-electron chi connectivity index (χ1n) is 9.34. The molecule has 0 aliphatic carbocycles. The summed E-state index contributed by atoms with van der Waals surface area (Å²) in [5, 5.41) is 21.5. The van der Waals surface area contributed by atoms with Gasteiger partial charge < -0.3 is 14.5 Å². The number of nitro groups is 1. The lowest BCUT2D eigenvalue weighted by Gasteiger charge is -2.05. The second kappa shape index (κ2) is 9.35. The Kier molecular flexibility index (Phi) is 6.17. The number of rotatable bonds is 8. The Hall–Kier alpha value is -4.12. The molecule has 0 atom stereocenters. The van der Waals surface area contributed by atoms with Crippen LogP contribution in [0.1, 0.15) is 16.1 Å². The fourth-order valence-corrected chi connectivity index (χ4v) is 3.63. The smallest absolute Gasteiger partial charge is 0.291 e. The van der Waals surface area contributed by atoms with Crippen molar-refractivity contribution in [3.63, 3.8) is 0 Å². The molecule has 1 amide bonds. The van der Waals surface area contributed by atoms with Crippen molar-refractivity contribution in [2.24, 2.45) is 0 Å². The Balaban J connectivity index is 1.43. The number of nitrogens with zero attached hydrogens (tertiary/aromatic N) is 3. The Labute approximate surface area is 186 Å². The summed E-state index contributed by atoms with van der Waals surface area (Å²) in [6.45, 7) is 0. The number of methoxy groups -OCH3 is 1. The molecule has 4 rings (SSSR count). The van der Waals surface area contributed by atoms with Gasteiger partial charge in [-0.3, -0.25) is 20.0 Å². The fourth-order valence-electron chi connectivity index (χ4n) is 2.90. The van der Waals surface area contributed by atoms with Crippen LogP contribution >= 0.6 is 11.8 Å². The summed E-state index contributed by atoms with van der Waals surface area (Å²) in [5.74, 6) is 0.842. The van der Waals surface area contributed by atoms with Gasteiger partial charge >= 0.3 is 0 Å². The molecule has 10 nitrogen and oxygen atoms in total. The van der Waals surface area contributed by atoms with Crippen molar-refractivity contribution in [1.29, 1.82) is 0 Å². The number of anilines is 1. The standard InChI is InChI=1S/C21H17N5O5S/c1-30-15-6-7-16(17(10-15)26(28)29)18-8-9-19(31-18)20(27)24-14-4-2-13(3-5-14)11-32-21-22-12-23-25-21/h2-10,12H,11H2,1H3,(H,24,27)(H,22,23,25). The van der Waals surface area contributed by atoms with Crippen molar-refractivity contribution < 1.29 is 18.9 Å². The van der Waals surface area contributed by atoms with Crippen LogP contribution in [0.2, 0.25) is 0 Å². The number of carbonyl (C=O) groups excluding carboxylic acids is 1. The molecular formula is C21H17N5O5S. The number of benzene rings is 2. The van der Waals surface area contributed by atoms with E-state index in [4.69, 9.17) is 9.15 Å². The van der Waals surface area contributed by atoms with Gasteiger partial charge in [-0.2, -0.15) is 5.10 Å². The third kappa shape index (κ3) is 4.78. The van der Waals surface area contributed by atoms with Gasteiger partial charge in [0.25, 0.3) is 11.6 Å². The van der Waals surface area contributed by atoms with E-state index in [0.717, 1.165) is 10.7 Å². The second-order valence-electron chi connectivity index (χ2n) is 6.53. The molecule has 2 N–H and O–H groups in total. The molecule has 162 valence electrons. The van der Waals surface area contributed by atoms with Crippen LogP contribution in [-0.4, -0.2) is 33.1 Å². The van der Waals surface area contributed by atoms with Crippen LogP contribution in [0.4, 0.5) is 11.4 Å². The molecule has 0 saturated heterocycles. The van der Waals surface area contributed by atoms with Gasteiger partial charge in [-0.25, -0.2) is 4.98 Å². The van der Waals surface area contributed by atoms with Gasteiger partial charge in [0.05, 0.1) is 23.7 Å². The predicted octanol–water partition coefficient (Wildman–Crippen LogP) is 4.53. The molecule has 0 saturated carbocycles. The maximum absolute atomic E-state index is 12.6. The quantitative estimate of drug-likeness (QED) is 0.227. The summed E-state index contributed by atoms with van der Waals surface area (Å²) in [6, 6.07) is 14.8. The predicted molar refractivity (Wildman–Crippen MR) is 118 cm³/mol. The molecule has 0 radical (unpaired) electrons. The zero-order valence-corrected chi connectivity index (χ0v) is 17.6. The van der Waals surface area contributed by atoms with Crippen molar-refractivity contribution in [2.45, 2.75) is 10.9 Å². The molecule has 32 heavy (non-hydrogen) atoms. The first-order valence-corrected chi connectivity index (χ1v) is 10.3. The van der Waals surface area contributed by atoms with Gasteiger partial charge in [-0.1, -0.05) is 23.9 Å². The fraction of sp³-hybridized carbons (Fsp3) is 0.0952. The number of thioether (sulfide) groups is 1. The highest BCUT2D eigenvalue weighted by molar-refractivity contribution is 7.98. The number of furan rings is 1. The minimum atomic E-state index is -0.525. The van der Waals surface area contributed by atoms with Crippen molar-refractivity contribution in [3.8, 4) is 17.1 Å². The second-order valence-corrected chi connectivity index (χ2v) is 7.50. The van der Waals surface area contributed by atoms with E-state index < -0.39 is 10.8 Å². The van der Waals surface area contributed by atoms with E-state index in [-0.39, 0.29) is 22.8 Å². The Morgan fingerprint density at radius 3 is 2.72 bits per heavy atom. The van der Waals surface area contributed by atoms with E-state index in [2.05, 4.69) is 20.5 Å². The number of aromatic amines is 1. The highest BCUT2D eigenvalue weighted by atomic mass is 32.2. The van der Waals surface area contributed by atoms with Crippen molar-refractivity contribution in [2.75, 3.05) is 12.4 Å². The number of aromatic nitrogens is 3. The lowest BCUT2D eigenvalue weighted by atomic mass is 10.1. The minimum absolute atomic E-state index is 0.0371. The highest BCUT2D eigenvalue weighted by Crippen LogP contribution is 2.34. The summed E-state index contributed by atoms with van der Waals surface area (Å²) >= 11 is 1.52. The van der Waals surface area contributed by atoms with E-state index in [0.29, 0.717) is 17.2 Å². The van der Waals surface area contributed by atoms with Crippen molar-refractivity contribution in [1.82, 2.24) is 15.2 Å². The number of hydrogen-bond donors (Lipinski definition) is 2. The van der Waals surface area contributed by atoms with Gasteiger partial charge in [0, 0.05) is 11.4 Å². The minimum Gasteiger partial charge on any atom is -0.497 e. The third-order valence-corrected chi connectivity index (χ3v) is 5.42. The molecule has 2 aromatic carbocycles. The first-order chi connectivity index (χ1) is 15.5. The molecule has 2 aromatic heterocycles. The normalized spacial score (nSPS) is 10.7. The van der Waals surface area contributed by atoms with Crippen LogP contribution in [0.5, 0.6) is 5.75 Å². The Morgan fingerprint density at radius 2 is 2.03 bits per heavy atom. The van der Waals surface area contributed by atoms with Crippen LogP contribution in [0.3, 0.4) is 0 Å². The Bertz CT molecular complexity index is 1240. The zero-order valence-electron chi connectivity index (χ0n) is 16.8. The molecule has 0 fully saturated rings. The first kappa shape index (κ1) is 21.1. The van der Waals surface area contributed by atoms with Gasteiger partial charge in [0.2, 0.25) is 0 Å². The number of ether oxygens (including phenoxy) is 1. The van der Waals surface area contributed by atoms with Gasteiger partial charge in [-0.15, -0.1) is 0 Å². The van der Waals surface area contributed by atoms with Crippen molar-refractivity contribution >= 4 is 29.0 Å². The third-order valence-electron chi connectivity index (χ3n) is 4.48. The van der Waals surface area contributed by atoms with E-state index in [1.807, 2.05) is 12.1 Å². The summed E-state index contributed by atoms with van der Waals surface area (Å²) < 4.78 is 10.6. The number of amides is 1.